The van der Waals surface area contributed by atoms with Crippen molar-refractivity contribution in [2.75, 3.05) is 0 Å². The highest BCUT2D eigenvalue weighted by molar-refractivity contribution is 5.71. The quantitative estimate of drug-likeness (QED) is 0.331. The van der Waals surface area contributed by atoms with Crippen molar-refractivity contribution in [2.24, 2.45) is 0 Å². The van der Waals surface area contributed by atoms with Gasteiger partial charge in [-0.25, -0.2) is 0 Å². The van der Waals surface area contributed by atoms with Gasteiger partial charge in [0.1, 0.15) is 11.5 Å². The number of hydrogen-bond donors (Lipinski definition) is 2. The zero-order chi connectivity index (χ0) is 21.6. The fourth-order valence-electron chi connectivity index (χ4n) is 4.19. The summed E-state index contributed by atoms with van der Waals surface area (Å²) < 4.78 is 0. The van der Waals surface area contributed by atoms with E-state index in [1.54, 1.807) is 6.07 Å². The molecule has 156 valence electrons. The van der Waals surface area contributed by atoms with Gasteiger partial charge in [-0.05, 0) is 71.7 Å². The van der Waals surface area contributed by atoms with E-state index in [0.29, 0.717) is 17.4 Å². The second-order valence-electron chi connectivity index (χ2n) is 8.00. The molecule has 0 amide bonds. The highest BCUT2D eigenvalue weighted by atomic mass is 16.3. The Bertz CT molecular complexity index is 1130. The second kappa shape index (κ2) is 9.53. The molecule has 4 rings (SSSR count). The van der Waals surface area contributed by atoms with Gasteiger partial charge < -0.3 is 10.2 Å². The van der Waals surface area contributed by atoms with Crippen molar-refractivity contribution in [1.82, 2.24) is 0 Å². The molecule has 2 nitrogen and oxygen atoms in total. The highest BCUT2D eigenvalue weighted by Crippen LogP contribution is 2.35. The summed E-state index contributed by atoms with van der Waals surface area (Å²) in [5.41, 5.74) is 6.29. The summed E-state index contributed by atoms with van der Waals surface area (Å²) in [5.74, 6) is 1.03. The molecule has 0 heterocycles. The van der Waals surface area contributed by atoms with Crippen LogP contribution in [0.5, 0.6) is 11.5 Å². The van der Waals surface area contributed by atoms with Crippen LogP contribution in [0.1, 0.15) is 36.8 Å². The zero-order valence-electron chi connectivity index (χ0n) is 17.8. The van der Waals surface area contributed by atoms with Gasteiger partial charge in [-0.15, -0.1) is 0 Å². The third kappa shape index (κ3) is 4.80. The Morgan fingerprint density at radius 2 is 1.19 bits per heavy atom. The Balaban J connectivity index is 1.55. The molecule has 0 radical (unpaired) electrons. The fourth-order valence-corrected chi connectivity index (χ4v) is 4.19. The van der Waals surface area contributed by atoms with Crippen LogP contribution in [0.2, 0.25) is 0 Å². The minimum atomic E-state index is 0.313. The number of phenolic OH excluding ortho intramolecular Hbond substituents is 2. The molecule has 0 saturated carbocycles. The average molecular weight is 409 g/mol. The average Bonchev–Trinajstić information content (AvgIpc) is 2.82. The van der Waals surface area contributed by atoms with Crippen LogP contribution in [-0.2, 0) is 6.42 Å². The van der Waals surface area contributed by atoms with E-state index in [0.717, 1.165) is 41.5 Å². The van der Waals surface area contributed by atoms with Crippen molar-refractivity contribution in [3.05, 3.63) is 108 Å². The van der Waals surface area contributed by atoms with Gasteiger partial charge in [-0.3, -0.25) is 0 Å². The van der Waals surface area contributed by atoms with Crippen molar-refractivity contribution in [2.45, 2.75) is 32.1 Å². The first-order chi connectivity index (χ1) is 15.2. The molecular weight excluding hydrogens is 380 g/mol. The van der Waals surface area contributed by atoms with Crippen molar-refractivity contribution in [3.63, 3.8) is 0 Å². The molecule has 0 aliphatic carbocycles. The van der Waals surface area contributed by atoms with Gasteiger partial charge in [-0.2, -0.15) is 0 Å². The molecule has 2 N–H and O–H groups in total. The van der Waals surface area contributed by atoms with E-state index in [1.807, 2.05) is 78.9 Å². The fraction of sp³-hybridized carbons (Fsp3) is 0.172. The molecule has 4 aromatic carbocycles. The van der Waals surface area contributed by atoms with Gasteiger partial charge in [0.2, 0.25) is 0 Å². The summed E-state index contributed by atoms with van der Waals surface area (Å²) in [5, 5.41) is 20.7. The van der Waals surface area contributed by atoms with E-state index in [-0.39, 0.29) is 0 Å². The molecule has 0 saturated heterocycles. The third-order valence-electron chi connectivity index (χ3n) is 6.00. The summed E-state index contributed by atoms with van der Waals surface area (Å²) in [6.45, 7) is 2.21. The molecule has 4 aromatic rings. The molecule has 2 heteroatoms. The van der Waals surface area contributed by atoms with Crippen molar-refractivity contribution in [3.8, 4) is 33.8 Å². The maximum absolute atomic E-state index is 10.4. The molecule has 0 fully saturated rings. The van der Waals surface area contributed by atoms with E-state index < -0.39 is 0 Å². The molecule has 31 heavy (non-hydrogen) atoms. The maximum Gasteiger partial charge on any atom is 0.123 e. The summed E-state index contributed by atoms with van der Waals surface area (Å²) >= 11 is 0. The molecule has 0 aromatic heterocycles. The van der Waals surface area contributed by atoms with E-state index in [2.05, 4.69) is 19.1 Å². The minimum Gasteiger partial charge on any atom is -0.507 e. The summed E-state index contributed by atoms with van der Waals surface area (Å²) in [7, 11) is 0. The number of phenols is 2. The first kappa shape index (κ1) is 20.7. The largest absolute Gasteiger partial charge is 0.507 e. The van der Waals surface area contributed by atoms with E-state index >= 15 is 0 Å². The Morgan fingerprint density at radius 1 is 0.645 bits per heavy atom. The van der Waals surface area contributed by atoms with E-state index in [4.69, 9.17) is 0 Å². The molecule has 0 aliphatic heterocycles. The molecular formula is C29H28O2. The first-order valence-electron chi connectivity index (χ1n) is 10.9. The lowest BCUT2D eigenvalue weighted by molar-refractivity contribution is 0.476. The van der Waals surface area contributed by atoms with Crippen LogP contribution in [0, 0.1) is 0 Å². The summed E-state index contributed by atoms with van der Waals surface area (Å²) in [4.78, 5) is 0. The van der Waals surface area contributed by atoms with Gasteiger partial charge >= 0.3 is 0 Å². The van der Waals surface area contributed by atoms with Crippen molar-refractivity contribution < 1.29 is 10.2 Å². The lowest BCUT2D eigenvalue weighted by atomic mass is 9.88. The number of aromatic hydroxyl groups is 2. The van der Waals surface area contributed by atoms with Gasteiger partial charge in [0.15, 0.2) is 0 Å². The smallest absolute Gasteiger partial charge is 0.123 e. The second-order valence-corrected chi connectivity index (χ2v) is 8.00. The van der Waals surface area contributed by atoms with Crippen LogP contribution < -0.4 is 0 Å². The summed E-state index contributed by atoms with van der Waals surface area (Å²) in [6, 6.07) is 31.9. The number of rotatable bonds is 7. The van der Waals surface area contributed by atoms with Crippen LogP contribution in [0.3, 0.4) is 0 Å². The van der Waals surface area contributed by atoms with E-state index in [9.17, 15) is 10.2 Å². The third-order valence-corrected chi connectivity index (χ3v) is 6.00. The molecule has 1 atom stereocenters. The molecule has 1 unspecified atom stereocenters. The Morgan fingerprint density at radius 3 is 1.77 bits per heavy atom. The number of hydrogen-bond acceptors (Lipinski definition) is 2. The SMILES string of the molecule is CCC(CCc1ccc(O)c(-c2ccccc2)c1)c1ccc(O)c(-c2ccccc2)c1. The summed E-state index contributed by atoms with van der Waals surface area (Å²) in [6.07, 6.45) is 2.97. The number of benzene rings is 4. The van der Waals surface area contributed by atoms with Crippen molar-refractivity contribution in [1.29, 1.82) is 0 Å². The monoisotopic (exact) mass is 408 g/mol. The zero-order valence-corrected chi connectivity index (χ0v) is 17.8. The topological polar surface area (TPSA) is 40.5 Å². The van der Waals surface area contributed by atoms with Crippen LogP contribution in [0.4, 0.5) is 0 Å². The minimum absolute atomic E-state index is 0.313. The van der Waals surface area contributed by atoms with Gasteiger partial charge in [0.25, 0.3) is 0 Å². The van der Waals surface area contributed by atoms with Crippen LogP contribution >= 0.6 is 0 Å². The maximum atomic E-state index is 10.4. The molecule has 0 spiro atoms. The Hall–Kier alpha value is -3.52. The first-order valence-corrected chi connectivity index (χ1v) is 10.9. The standard InChI is InChI=1S/C29H28O2/c1-2-22(25-16-18-29(31)27(20-25)24-11-7-4-8-12-24)15-13-21-14-17-28(30)26(19-21)23-9-5-3-6-10-23/h3-12,14,16-20,22,30-31H,2,13,15H2,1H3. The Labute approximate surface area is 184 Å². The van der Waals surface area contributed by atoms with Crippen molar-refractivity contribution >= 4 is 0 Å². The van der Waals surface area contributed by atoms with Crippen LogP contribution in [-0.4, -0.2) is 10.2 Å². The number of aryl methyl sites for hydroxylation is 1. The van der Waals surface area contributed by atoms with Crippen LogP contribution in [0.25, 0.3) is 22.3 Å². The van der Waals surface area contributed by atoms with Crippen LogP contribution in [0.15, 0.2) is 97.1 Å². The Kier molecular flexibility index (Phi) is 6.37. The van der Waals surface area contributed by atoms with Gasteiger partial charge in [0, 0.05) is 11.1 Å². The predicted octanol–water partition coefficient (Wildman–Crippen LogP) is 7.56. The normalized spacial score (nSPS) is 11.9. The van der Waals surface area contributed by atoms with Gasteiger partial charge in [-0.1, -0.05) is 79.7 Å². The van der Waals surface area contributed by atoms with Gasteiger partial charge in [0.05, 0.1) is 0 Å². The molecule has 0 aliphatic rings. The van der Waals surface area contributed by atoms with E-state index in [1.165, 1.54) is 11.1 Å². The lowest BCUT2D eigenvalue weighted by Gasteiger charge is -2.18. The lowest BCUT2D eigenvalue weighted by Crippen LogP contribution is -2.00. The predicted molar refractivity (Wildman–Crippen MR) is 128 cm³/mol. The highest BCUT2D eigenvalue weighted by Gasteiger charge is 2.14. The molecule has 0 bridgehead atoms.